The highest BCUT2D eigenvalue weighted by Gasteiger charge is 2.07. The molecule has 0 unspecified atom stereocenters. The third-order valence-corrected chi connectivity index (χ3v) is 3.32. The fourth-order valence-electron chi connectivity index (χ4n) is 2.43. The third kappa shape index (κ3) is 2.30. The minimum Gasteiger partial charge on any atom is -0.310 e. The van der Waals surface area contributed by atoms with E-state index >= 15 is 0 Å². The van der Waals surface area contributed by atoms with Gasteiger partial charge in [0.1, 0.15) is 0 Å². The number of allylic oxidation sites excluding steroid dienone is 3. The van der Waals surface area contributed by atoms with Crippen molar-refractivity contribution in [2.75, 3.05) is 0 Å². The Balaban J connectivity index is 2.23. The summed E-state index contributed by atoms with van der Waals surface area (Å²) in [6.07, 6.45) is 8.31. The number of hydrogen-bond donors (Lipinski definition) is 0. The quantitative estimate of drug-likeness (QED) is 0.568. The molecule has 0 spiro atoms. The van der Waals surface area contributed by atoms with Crippen LogP contribution in [-0.4, -0.2) is 4.57 Å². The van der Waals surface area contributed by atoms with Gasteiger partial charge in [0, 0.05) is 16.8 Å². The SMILES string of the molecule is C/C=C\C=C/c1cc2ccccc2n1-c1ccccc1. The summed E-state index contributed by atoms with van der Waals surface area (Å²) in [5.41, 5.74) is 3.61. The minimum absolute atomic E-state index is 1.19. The lowest BCUT2D eigenvalue weighted by Crippen LogP contribution is -1.95. The van der Waals surface area contributed by atoms with Gasteiger partial charge in [-0.15, -0.1) is 0 Å². The maximum absolute atomic E-state index is 2.29. The van der Waals surface area contributed by atoms with E-state index in [0.29, 0.717) is 0 Å². The Hall–Kier alpha value is -2.54. The number of rotatable bonds is 3. The van der Waals surface area contributed by atoms with Crippen molar-refractivity contribution in [3.8, 4) is 5.69 Å². The normalized spacial score (nSPS) is 11.8. The number of aromatic nitrogens is 1. The van der Waals surface area contributed by atoms with E-state index in [9.17, 15) is 0 Å². The summed E-state index contributed by atoms with van der Waals surface area (Å²) in [6.45, 7) is 2.02. The molecule has 0 bridgehead atoms. The van der Waals surface area contributed by atoms with Crippen LogP contribution in [0.25, 0.3) is 22.7 Å². The molecule has 0 radical (unpaired) electrons. The second-order valence-electron chi connectivity index (χ2n) is 4.68. The lowest BCUT2D eigenvalue weighted by atomic mass is 10.2. The number of hydrogen-bond acceptors (Lipinski definition) is 0. The van der Waals surface area contributed by atoms with Gasteiger partial charge < -0.3 is 4.57 Å². The smallest absolute Gasteiger partial charge is 0.0534 e. The number of benzene rings is 2. The number of fused-ring (bicyclic) bond motifs is 1. The average molecular weight is 259 g/mol. The molecule has 2 aromatic carbocycles. The number of para-hydroxylation sites is 2. The van der Waals surface area contributed by atoms with E-state index in [1.54, 1.807) is 0 Å². The summed E-state index contributed by atoms with van der Waals surface area (Å²) in [6, 6.07) is 21.2. The zero-order valence-electron chi connectivity index (χ0n) is 11.5. The molecule has 0 N–H and O–H groups in total. The van der Waals surface area contributed by atoms with Crippen LogP contribution in [0.5, 0.6) is 0 Å². The molecule has 3 rings (SSSR count). The van der Waals surface area contributed by atoms with Crippen LogP contribution >= 0.6 is 0 Å². The lowest BCUT2D eigenvalue weighted by molar-refractivity contribution is 1.11. The highest BCUT2D eigenvalue weighted by Crippen LogP contribution is 2.25. The summed E-state index contributed by atoms with van der Waals surface area (Å²) < 4.78 is 2.29. The molecule has 0 atom stereocenters. The molecule has 98 valence electrons. The molecule has 0 aliphatic heterocycles. The van der Waals surface area contributed by atoms with Gasteiger partial charge in [-0.3, -0.25) is 0 Å². The van der Waals surface area contributed by atoms with Crippen LogP contribution in [0.4, 0.5) is 0 Å². The summed E-state index contributed by atoms with van der Waals surface area (Å²) in [5.74, 6) is 0. The average Bonchev–Trinajstić information content (AvgIpc) is 2.86. The van der Waals surface area contributed by atoms with E-state index in [2.05, 4.69) is 71.3 Å². The molecular formula is C19H17N. The van der Waals surface area contributed by atoms with Crippen molar-refractivity contribution in [3.63, 3.8) is 0 Å². The molecule has 20 heavy (non-hydrogen) atoms. The van der Waals surface area contributed by atoms with Gasteiger partial charge in [0.05, 0.1) is 5.52 Å². The maximum atomic E-state index is 2.29. The summed E-state index contributed by atoms with van der Waals surface area (Å²) >= 11 is 0. The second kappa shape index (κ2) is 5.62. The van der Waals surface area contributed by atoms with E-state index in [4.69, 9.17) is 0 Å². The second-order valence-corrected chi connectivity index (χ2v) is 4.68. The first kappa shape index (κ1) is 12.5. The molecule has 1 nitrogen and oxygen atoms in total. The highest BCUT2D eigenvalue weighted by molar-refractivity contribution is 5.85. The van der Waals surface area contributed by atoms with Crippen molar-refractivity contribution in [2.24, 2.45) is 0 Å². The zero-order valence-corrected chi connectivity index (χ0v) is 11.5. The summed E-state index contributed by atoms with van der Waals surface area (Å²) in [4.78, 5) is 0. The molecule has 0 saturated carbocycles. The Morgan fingerprint density at radius 1 is 0.850 bits per heavy atom. The minimum atomic E-state index is 1.19. The molecule has 0 fully saturated rings. The van der Waals surface area contributed by atoms with Crippen molar-refractivity contribution in [2.45, 2.75) is 6.92 Å². The summed E-state index contributed by atoms with van der Waals surface area (Å²) in [7, 11) is 0. The van der Waals surface area contributed by atoms with Crippen molar-refractivity contribution in [1.82, 2.24) is 4.57 Å². The molecule has 0 saturated heterocycles. The fourth-order valence-corrected chi connectivity index (χ4v) is 2.43. The Morgan fingerprint density at radius 3 is 2.40 bits per heavy atom. The third-order valence-electron chi connectivity index (χ3n) is 3.32. The lowest BCUT2D eigenvalue weighted by Gasteiger charge is -2.08. The van der Waals surface area contributed by atoms with Gasteiger partial charge >= 0.3 is 0 Å². The van der Waals surface area contributed by atoms with E-state index in [1.165, 1.54) is 22.3 Å². The Labute approximate surface area is 119 Å². The van der Waals surface area contributed by atoms with Crippen molar-refractivity contribution in [3.05, 3.63) is 84.6 Å². The molecule has 1 aromatic heterocycles. The maximum Gasteiger partial charge on any atom is 0.0534 e. The van der Waals surface area contributed by atoms with Gasteiger partial charge in [0.15, 0.2) is 0 Å². The van der Waals surface area contributed by atoms with Crippen LogP contribution in [0.3, 0.4) is 0 Å². The van der Waals surface area contributed by atoms with Crippen LogP contribution in [0.15, 0.2) is 78.9 Å². The topological polar surface area (TPSA) is 4.93 Å². The Morgan fingerprint density at radius 2 is 1.60 bits per heavy atom. The first-order chi connectivity index (χ1) is 9.90. The molecule has 0 aliphatic rings. The van der Waals surface area contributed by atoms with Crippen molar-refractivity contribution in [1.29, 1.82) is 0 Å². The van der Waals surface area contributed by atoms with Crippen LogP contribution in [0.2, 0.25) is 0 Å². The van der Waals surface area contributed by atoms with Crippen molar-refractivity contribution >= 4 is 17.0 Å². The van der Waals surface area contributed by atoms with Gasteiger partial charge in [-0.1, -0.05) is 54.6 Å². The van der Waals surface area contributed by atoms with Crippen LogP contribution in [-0.2, 0) is 0 Å². The van der Waals surface area contributed by atoms with E-state index < -0.39 is 0 Å². The van der Waals surface area contributed by atoms with Gasteiger partial charge in [-0.25, -0.2) is 0 Å². The fraction of sp³-hybridized carbons (Fsp3) is 0.0526. The first-order valence-electron chi connectivity index (χ1n) is 6.85. The van der Waals surface area contributed by atoms with Gasteiger partial charge in [0.25, 0.3) is 0 Å². The van der Waals surface area contributed by atoms with Crippen LogP contribution in [0, 0.1) is 0 Å². The van der Waals surface area contributed by atoms with Crippen LogP contribution < -0.4 is 0 Å². The largest absolute Gasteiger partial charge is 0.310 e. The number of nitrogens with zero attached hydrogens (tertiary/aromatic N) is 1. The van der Waals surface area contributed by atoms with E-state index in [0.717, 1.165) is 0 Å². The predicted molar refractivity (Wildman–Crippen MR) is 87.1 cm³/mol. The molecule has 0 aliphatic carbocycles. The van der Waals surface area contributed by atoms with Gasteiger partial charge in [-0.2, -0.15) is 0 Å². The monoisotopic (exact) mass is 259 g/mol. The highest BCUT2D eigenvalue weighted by atomic mass is 15.0. The Kier molecular flexibility index (Phi) is 3.51. The molecule has 3 aromatic rings. The molecule has 0 amide bonds. The van der Waals surface area contributed by atoms with E-state index in [1.807, 2.05) is 25.1 Å². The molecular weight excluding hydrogens is 242 g/mol. The predicted octanol–water partition coefficient (Wildman–Crippen LogP) is 5.22. The standard InChI is InChI=1S/C19H17N/c1-2-3-5-13-18-15-16-10-8-9-14-19(16)20(18)17-11-6-4-7-12-17/h2-15H,1H3/b3-2-,13-5-. The van der Waals surface area contributed by atoms with Crippen LogP contribution in [0.1, 0.15) is 12.6 Å². The van der Waals surface area contributed by atoms with Crippen molar-refractivity contribution < 1.29 is 0 Å². The molecule has 1 heteroatoms. The summed E-state index contributed by atoms with van der Waals surface area (Å²) in [5, 5.41) is 1.26. The van der Waals surface area contributed by atoms with Gasteiger partial charge in [0.2, 0.25) is 0 Å². The zero-order chi connectivity index (χ0) is 13.8. The molecule has 1 heterocycles. The van der Waals surface area contributed by atoms with E-state index in [-0.39, 0.29) is 0 Å². The van der Waals surface area contributed by atoms with Gasteiger partial charge in [-0.05, 0) is 37.3 Å². The Bertz CT molecular complexity index is 761. The first-order valence-corrected chi connectivity index (χ1v) is 6.85.